The Kier molecular flexibility index (Phi) is 7.00. The van der Waals surface area contributed by atoms with E-state index in [1.54, 1.807) is 6.42 Å². The van der Waals surface area contributed by atoms with E-state index < -0.39 is 0 Å². The minimum Gasteiger partial charge on any atom is -0.0625 e. The molecule has 0 heteroatoms. The highest BCUT2D eigenvalue weighted by molar-refractivity contribution is 4.99. The normalized spacial score (nSPS) is 37.4. The predicted octanol–water partition coefficient (Wildman–Crippen LogP) is 8.46. The van der Waals surface area contributed by atoms with Crippen LogP contribution in [-0.2, 0) is 0 Å². The third-order valence-electron chi connectivity index (χ3n) is 8.52. The van der Waals surface area contributed by atoms with Crippen LogP contribution in [0.25, 0.3) is 0 Å². The van der Waals surface area contributed by atoms with E-state index in [2.05, 4.69) is 69.2 Å². The first kappa shape index (κ1) is 22.3. The average Bonchev–Trinajstić information content (AvgIpc) is 3.20. The van der Waals surface area contributed by atoms with Crippen LogP contribution in [0.3, 0.4) is 0 Å². The number of rotatable bonds is 2. The summed E-state index contributed by atoms with van der Waals surface area (Å²) in [5.74, 6) is 8.01. The highest BCUT2D eigenvalue weighted by atomic mass is 14.5. The molecular formula is C26H50. The summed E-state index contributed by atoms with van der Waals surface area (Å²) >= 11 is 0. The lowest BCUT2D eigenvalue weighted by atomic mass is 9.68. The third-order valence-corrected chi connectivity index (χ3v) is 8.52. The van der Waals surface area contributed by atoms with Crippen LogP contribution in [0.15, 0.2) is 0 Å². The van der Waals surface area contributed by atoms with E-state index in [1.165, 1.54) is 32.1 Å². The van der Waals surface area contributed by atoms with E-state index in [1.807, 2.05) is 0 Å². The molecule has 5 unspecified atom stereocenters. The molecule has 0 aliphatic heterocycles. The molecule has 3 aliphatic carbocycles. The summed E-state index contributed by atoms with van der Waals surface area (Å²) in [6.45, 7) is 24.0. The van der Waals surface area contributed by atoms with Crippen molar-refractivity contribution in [2.75, 3.05) is 0 Å². The predicted molar refractivity (Wildman–Crippen MR) is 117 cm³/mol. The van der Waals surface area contributed by atoms with E-state index in [0.29, 0.717) is 10.8 Å². The summed E-state index contributed by atoms with van der Waals surface area (Å²) in [5.41, 5.74) is 1.10. The fourth-order valence-corrected chi connectivity index (χ4v) is 6.61. The third kappa shape index (κ3) is 5.29. The van der Waals surface area contributed by atoms with Crippen molar-refractivity contribution < 1.29 is 0 Å². The molecule has 3 saturated carbocycles. The Morgan fingerprint density at radius 2 is 1.23 bits per heavy atom. The van der Waals surface area contributed by atoms with Gasteiger partial charge in [-0.1, -0.05) is 69.2 Å². The Labute approximate surface area is 166 Å². The zero-order valence-corrected chi connectivity index (χ0v) is 19.9. The molecule has 3 fully saturated rings. The number of hydrogen-bond donors (Lipinski definition) is 0. The van der Waals surface area contributed by atoms with Gasteiger partial charge in [0.05, 0.1) is 0 Å². The lowest BCUT2D eigenvalue weighted by Gasteiger charge is -2.37. The zero-order valence-electron chi connectivity index (χ0n) is 19.9. The highest BCUT2D eigenvalue weighted by Gasteiger charge is 2.49. The average molecular weight is 363 g/mol. The summed E-state index contributed by atoms with van der Waals surface area (Å²) < 4.78 is 0. The number of fused-ring (bicyclic) bond motifs is 2. The van der Waals surface area contributed by atoms with Gasteiger partial charge >= 0.3 is 0 Å². The molecule has 0 aromatic heterocycles. The maximum Gasteiger partial charge on any atom is -0.0334 e. The van der Waals surface area contributed by atoms with E-state index in [4.69, 9.17) is 0 Å². The van der Waals surface area contributed by atoms with Crippen LogP contribution in [0.2, 0.25) is 0 Å². The molecule has 26 heavy (non-hydrogen) atoms. The summed E-state index contributed by atoms with van der Waals surface area (Å²) in [5, 5.41) is 0. The van der Waals surface area contributed by atoms with E-state index in [9.17, 15) is 0 Å². The van der Waals surface area contributed by atoms with Crippen molar-refractivity contribution >= 4 is 0 Å². The summed E-state index contributed by atoms with van der Waals surface area (Å²) in [4.78, 5) is 0. The summed E-state index contributed by atoms with van der Waals surface area (Å²) in [7, 11) is 0. The summed E-state index contributed by atoms with van der Waals surface area (Å²) in [6, 6.07) is 0. The Morgan fingerprint density at radius 3 is 1.54 bits per heavy atom. The molecule has 0 amide bonds. The first-order valence-electron chi connectivity index (χ1n) is 11.8. The molecule has 0 heterocycles. The van der Waals surface area contributed by atoms with Gasteiger partial charge in [-0.3, -0.25) is 0 Å². The maximum absolute atomic E-state index is 2.43. The molecule has 154 valence electrons. The largest absolute Gasteiger partial charge is 0.0625 e. The minimum absolute atomic E-state index is 0.545. The van der Waals surface area contributed by atoms with Gasteiger partial charge in [-0.05, 0) is 96.7 Å². The van der Waals surface area contributed by atoms with Gasteiger partial charge in [0.15, 0.2) is 0 Å². The molecule has 2 bridgehead atoms. The van der Waals surface area contributed by atoms with Crippen LogP contribution < -0.4 is 0 Å². The Morgan fingerprint density at radius 1 is 0.615 bits per heavy atom. The van der Waals surface area contributed by atoms with Gasteiger partial charge < -0.3 is 0 Å². The maximum atomic E-state index is 2.43. The lowest BCUT2D eigenvalue weighted by Crippen LogP contribution is -2.29. The molecular weight excluding hydrogens is 312 g/mol. The van der Waals surface area contributed by atoms with Crippen molar-refractivity contribution in [3.8, 4) is 0 Å². The topological polar surface area (TPSA) is 0 Å². The van der Waals surface area contributed by atoms with Crippen LogP contribution in [0.4, 0.5) is 0 Å². The molecule has 6 atom stereocenters. The Balaban J connectivity index is 0.000000190. The van der Waals surface area contributed by atoms with Gasteiger partial charge in [0, 0.05) is 0 Å². The molecule has 3 rings (SSSR count). The van der Waals surface area contributed by atoms with E-state index in [-0.39, 0.29) is 0 Å². The number of hydrogen-bond acceptors (Lipinski definition) is 0. The van der Waals surface area contributed by atoms with Gasteiger partial charge in [-0.2, -0.15) is 0 Å². The van der Waals surface area contributed by atoms with Crippen LogP contribution in [0, 0.1) is 58.2 Å². The SMILES string of the molecule is CC(C)C1CC2C[C@@H]1CC2C(C)(C)C.CC(C)C1CCC(C(C)(C)C)C1. The first-order chi connectivity index (χ1) is 11.8. The van der Waals surface area contributed by atoms with Crippen molar-refractivity contribution in [1.82, 2.24) is 0 Å². The molecule has 0 aromatic carbocycles. The van der Waals surface area contributed by atoms with Gasteiger partial charge in [0.1, 0.15) is 0 Å². The molecule has 0 spiro atoms. The zero-order chi connectivity index (χ0) is 19.9. The van der Waals surface area contributed by atoms with Crippen LogP contribution in [0.1, 0.15) is 108 Å². The Hall–Kier alpha value is 0. The smallest absolute Gasteiger partial charge is 0.0334 e. The van der Waals surface area contributed by atoms with Crippen molar-refractivity contribution in [2.45, 2.75) is 108 Å². The first-order valence-corrected chi connectivity index (χ1v) is 11.8. The second kappa shape index (κ2) is 8.16. The van der Waals surface area contributed by atoms with Crippen molar-refractivity contribution in [3.63, 3.8) is 0 Å². The fourth-order valence-electron chi connectivity index (χ4n) is 6.61. The monoisotopic (exact) mass is 362 g/mol. The van der Waals surface area contributed by atoms with Gasteiger partial charge in [0.2, 0.25) is 0 Å². The molecule has 0 aromatic rings. The molecule has 3 aliphatic rings. The lowest BCUT2D eigenvalue weighted by molar-refractivity contribution is 0.119. The molecule has 0 saturated heterocycles. The highest BCUT2D eigenvalue weighted by Crippen LogP contribution is 2.58. The van der Waals surface area contributed by atoms with E-state index in [0.717, 1.165) is 47.3 Å². The molecule has 0 N–H and O–H groups in total. The van der Waals surface area contributed by atoms with Gasteiger partial charge in [-0.25, -0.2) is 0 Å². The summed E-state index contributed by atoms with van der Waals surface area (Å²) in [6.07, 6.45) is 9.01. The molecule has 0 radical (unpaired) electrons. The van der Waals surface area contributed by atoms with E-state index >= 15 is 0 Å². The van der Waals surface area contributed by atoms with Crippen LogP contribution in [0.5, 0.6) is 0 Å². The standard InChI is InChI=1S/C14H26.C12H24/c1-9(2)12-7-11-6-10(12)8-13(11)14(3,4)5;1-9(2)10-6-7-11(8-10)12(3,4)5/h9-13H,6-8H2,1-5H3;9-11H,6-8H2,1-5H3/t10-,11?,12?,13?;/m1./s1. The van der Waals surface area contributed by atoms with Crippen molar-refractivity contribution in [2.24, 2.45) is 58.2 Å². The van der Waals surface area contributed by atoms with Crippen molar-refractivity contribution in [3.05, 3.63) is 0 Å². The van der Waals surface area contributed by atoms with Crippen molar-refractivity contribution in [1.29, 1.82) is 0 Å². The quantitative estimate of drug-likeness (QED) is 0.462. The second-order valence-corrected chi connectivity index (χ2v) is 13.0. The Bertz CT molecular complexity index is 430. The minimum atomic E-state index is 0.545. The van der Waals surface area contributed by atoms with Gasteiger partial charge in [-0.15, -0.1) is 0 Å². The van der Waals surface area contributed by atoms with Crippen LogP contribution in [-0.4, -0.2) is 0 Å². The molecule has 0 nitrogen and oxygen atoms in total. The second-order valence-electron chi connectivity index (χ2n) is 13.0. The fraction of sp³-hybridized carbons (Fsp3) is 1.00. The van der Waals surface area contributed by atoms with Crippen LogP contribution >= 0.6 is 0 Å². The van der Waals surface area contributed by atoms with Gasteiger partial charge in [0.25, 0.3) is 0 Å².